The van der Waals surface area contributed by atoms with Gasteiger partial charge in [-0.3, -0.25) is 0 Å². The van der Waals surface area contributed by atoms with Crippen LogP contribution in [0.25, 0.3) is 16.5 Å². The van der Waals surface area contributed by atoms with Crippen molar-refractivity contribution in [2.75, 3.05) is 0 Å². The van der Waals surface area contributed by atoms with Crippen LogP contribution in [0.4, 0.5) is 4.39 Å². The van der Waals surface area contributed by atoms with Gasteiger partial charge >= 0.3 is 5.97 Å². The molecule has 1 aliphatic heterocycles. The number of allylic oxidation sites excluding steroid dienone is 3. The molecule has 3 N–H and O–H groups in total. The number of H-pyrrole nitrogens is 1. The first kappa shape index (κ1) is 14.1. The van der Waals surface area contributed by atoms with Crippen molar-refractivity contribution in [3.63, 3.8) is 0 Å². The first-order valence-electron chi connectivity index (χ1n) is 6.93. The minimum atomic E-state index is -1.09. The molecule has 1 aromatic carbocycles. The van der Waals surface area contributed by atoms with Crippen LogP contribution in [0.2, 0.25) is 0 Å². The standard InChI is InChI=1S/C17H15FN2O2/c1-3-10-7-12-14(8-13(10)18)20-16(17(21)22)15(12)11-5-4-6-19-9(11)2/h4-8,19-20H,2-3H2,1H3,(H,21,22). The maximum absolute atomic E-state index is 14.0. The zero-order valence-corrected chi connectivity index (χ0v) is 12.0. The third-order valence-corrected chi connectivity index (χ3v) is 3.77. The van der Waals surface area contributed by atoms with Crippen LogP contribution in [0.3, 0.4) is 0 Å². The van der Waals surface area contributed by atoms with Crippen LogP contribution in [0.5, 0.6) is 0 Å². The maximum atomic E-state index is 14.0. The van der Waals surface area contributed by atoms with Gasteiger partial charge in [0, 0.05) is 33.9 Å². The average Bonchev–Trinajstić information content (AvgIpc) is 2.85. The number of aromatic nitrogens is 1. The van der Waals surface area contributed by atoms with Gasteiger partial charge in [-0.2, -0.15) is 0 Å². The molecule has 112 valence electrons. The van der Waals surface area contributed by atoms with Crippen LogP contribution in [-0.4, -0.2) is 16.1 Å². The third-order valence-electron chi connectivity index (χ3n) is 3.77. The van der Waals surface area contributed by atoms with Crippen LogP contribution < -0.4 is 5.32 Å². The minimum absolute atomic E-state index is 0.0344. The van der Waals surface area contributed by atoms with E-state index in [-0.39, 0.29) is 11.5 Å². The molecule has 2 heterocycles. The summed E-state index contributed by atoms with van der Waals surface area (Å²) in [7, 11) is 0. The number of aryl methyl sites for hydroxylation is 1. The lowest BCUT2D eigenvalue weighted by molar-refractivity contribution is 0.0691. The molecule has 0 aliphatic carbocycles. The highest BCUT2D eigenvalue weighted by Gasteiger charge is 2.23. The highest BCUT2D eigenvalue weighted by atomic mass is 19.1. The number of carboxylic acid groups (broad SMARTS) is 1. The summed E-state index contributed by atoms with van der Waals surface area (Å²) in [5.74, 6) is -1.43. The van der Waals surface area contributed by atoms with Gasteiger partial charge in [-0.25, -0.2) is 9.18 Å². The summed E-state index contributed by atoms with van der Waals surface area (Å²) < 4.78 is 14.0. The van der Waals surface area contributed by atoms with Crippen LogP contribution >= 0.6 is 0 Å². The van der Waals surface area contributed by atoms with Crippen molar-refractivity contribution in [3.05, 3.63) is 65.4 Å². The molecule has 0 unspecified atom stereocenters. The fourth-order valence-corrected chi connectivity index (χ4v) is 2.68. The molecule has 22 heavy (non-hydrogen) atoms. The Morgan fingerprint density at radius 1 is 1.41 bits per heavy atom. The Morgan fingerprint density at radius 2 is 2.18 bits per heavy atom. The van der Waals surface area contributed by atoms with E-state index < -0.39 is 5.97 Å². The van der Waals surface area contributed by atoms with E-state index in [2.05, 4.69) is 16.9 Å². The number of carboxylic acids is 1. The number of rotatable bonds is 3. The number of fused-ring (bicyclic) bond motifs is 1. The summed E-state index contributed by atoms with van der Waals surface area (Å²) in [6.45, 7) is 5.77. The number of aromatic carboxylic acids is 1. The predicted octanol–water partition coefficient (Wildman–Crippen LogP) is 3.58. The summed E-state index contributed by atoms with van der Waals surface area (Å²) in [6, 6.07) is 3.05. The van der Waals surface area contributed by atoms with Gasteiger partial charge in [0.1, 0.15) is 11.5 Å². The maximum Gasteiger partial charge on any atom is 0.352 e. The summed E-state index contributed by atoms with van der Waals surface area (Å²) in [4.78, 5) is 14.4. The SMILES string of the molecule is C=C1NC=CC=C1c1c(C(=O)O)[nH]c2cc(F)c(CC)cc12. The van der Waals surface area contributed by atoms with E-state index in [1.54, 1.807) is 24.4 Å². The largest absolute Gasteiger partial charge is 0.477 e. The molecule has 1 aromatic heterocycles. The number of benzene rings is 1. The molecule has 0 atom stereocenters. The number of halogens is 1. The fraction of sp³-hybridized carbons (Fsp3) is 0.118. The molecule has 0 spiro atoms. The lowest BCUT2D eigenvalue weighted by Gasteiger charge is -2.14. The van der Waals surface area contributed by atoms with E-state index in [4.69, 9.17) is 0 Å². The van der Waals surface area contributed by atoms with Crippen LogP contribution in [0, 0.1) is 5.82 Å². The van der Waals surface area contributed by atoms with E-state index in [0.717, 1.165) is 0 Å². The number of hydrogen-bond acceptors (Lipinski definition) is 2. The second-order valence-electron chi connectivity index (χ2n) is 5.09. The molecular formula is C17H15FN2O2. The van der Waals surface area contributed by atoms with E-state index in [9.17, 15) is 14.3 Å². The Balaban J connectivity index is 2.37. The molecule has 0 amide bonds. The van der Waals surface area contributed by atoms with Crippen LogP contribution in [-0.2, 0) is 6.42 Å². The highest BCUT2D eigenvalue weighted by Crippen LogP contribution is 2.34. The smallest absolute Gasteiger partial charge is 0.352 e. The summed E-state index contributed by atoms with van der Waals surface area (Å²) >= 11 is 0. The zero-order valence-electron chi connectivity index (χ0n) is 12.0. The van der Waals surface area contributed by atoms with Crippen molar-refractivity contribution in [1.29, 1.82) is 0 Å². The lowest BCUT2D eigenvalue weighted by atomic mass is 9.96. The summed E-state index contributed by atoms with van der Waals surface area (Å²) in [6.07, 6.45) is 5.83. The topological polar surface area (TPSA) is 65.1 Å². The molecule has 0 saturated carbocycles. The Kier molecular flexibility index (Phi) is 3.33. The Morgan fingerprint density at radius 3 is 2.82 bits per heavy atom. The highest BCUT2D eigenvalue weighted by molar-refractivity contribution is 6.07. The zero-order chi connectivity index (χ0) is 15.9. The van der Waals surface area contributed by atoms with Crippen molar-refractivity contribution in [2.45, 2.75) is 13.3 Å². The third kappa shape index (κ3) is 2.11. The Hall–Kier alpha value is -2.82. The minimum Gasteiger partial charge on any atom is -0.477 e. The summed E-state index contributed by atoms with van der Waals surface area (Å²) in [5.41, 5.74) is 2.86. The normalized spacial score (nSPS) is 14.1. The molecule has 0 saturated heterocycles. The van der Waals surface area contributed by atoms with Crippen LogP contribution in [0.1, 0.15) is 28.5 Å². The quantitative estimate of drug-likeness (QED) is 0.811. The number of carbonyl (C=O) groups is 1. The molecule has 4 nitrogen and oxygen atoms in total. The number of aromatic amines is 1. The van der Waals surface area contributed by atoms with Crippen LogP contribution in [0.15, 0.2) is 42.8 Å². The van der Waals surface area contributed by atoms with Crippen molar-refractivity contribution in [3.8, 4) is 0 Å². The Labute approximate surface area is 126 Å². The molecular weight excluding hydrogens is 283 g/mol. The van der Waals surface area contributed by atoms with Gasteiger partial charge in [0.05, 0.1) is 0 Å². The first-order chi connectivity index (χ1) is 10.5. The van der Waals surface area contributed by atoms with E-state index in [0.29, 0.717) is 39.7 Å². The predicted molar refractivity (Wildman–Crippen MR) is 84.0 cm³/mol. The van der Waals surface area contributed by atoms with E-state index in [1.807, 2.05) is 6.92 Å². The number of nitrogens with one attached hydrogen (secondary N) is 2. The van der Waals surface area contributed by atoms with Crippen molar-refractivity contribution in [1.82, 2.24) is 10.3 Å². The Bertz CT molecular complexity index is 859. The molecule has 0 radical (unpaired) electrons. The van der Waals surface area contributed by atoms with Gasteiger partial charge in [0.25, 0.3) is 0 Å². The van der Waals surface area contributed by atoms with Gasteiger partial charge in [-0.1, -0.05) is 19.6 Å². The molecule has 3 rings (SSSR count). The fourth-order valence-electron chi connectivity index (χ4n) is 2.68. The molecule has 1 aliphatic rings. The summed E-state index contributed by atoms with van der Waals surface area (Å²) in [5, 5.41) is 13.1. The van der Waals surface area contributed by atoms with Crippen molar-refractivity contribution < 1.29 is 14.3 Å². The molecule has 0 fully saturated rings. The van der Waals surface area contributed by atoms with Gasteiger partial charge < -0.3 is 15.4 Å². The van der Waals surface area contributed by atoms with Crippen molar-refractivity contribution in [2.24, 2.45) is 0 Å². The monoisotopic (exact) mass is 298 g/mol. The van der Waals surface area contributed by atoms with E-state index in [1.165, 1.54) is 6.07 Å². The van der Waals surface area contributed by atoms with Gasteiger partial charge in [-0.15, -0.1) is 0 Å². The van der Waals surface area contributed by atoms with Gasteiger partial charge in [0.2, 0.25) is 0 Å². The molecule has 0 bridgehead atoms. The molecule has 5 heteroatoms. The first-order valence-corrected chi connectivity index (χ1v) is 6.93. The lowest BCUT2D eigenvalue weighted by Crippen LogP contribution is -2.11. The van der Waals surface area contributed by atoms with Gasteiger partial charge in [-0.05, 0) is 30.2 Å². The number of hydrogen-bond donors (Lipinski definition) is 3. The second-order valence-corrected chi connectivity index (χ2v) is 5.09. The van der Waals surface area contributed by atoms with E-state index >= 15 is 0 Å². The number of dihydropyridines is 1. The molecule has 2 aromatic rings. The second kappa shape index (κ2) is 5.18. The van der Waals surface area contributed by atoms with Crippen molar-refractivity contribution >= 4 is 22.4 Å². The van der Waals surface area contributed by atoms with Gasteiger partial charge in [0.15, 0.2) is 0 Å². The average molecular weight is 298 g/mol.